The van der Waals surface area contributed by atoms with E-state index >= 15 is 0 Å². The number of nitrogens with zero attached hydrogens (tertiary/aromatic N) is 1. The van der Waals surface area contributed by atoms with Crippen molar-refractivity contribution in [1.29, 1.82) is 0 Å². The minimum Gasteiger partial charge on any atom is -0.507 e. The molecule has 0 fully saturated rings. The highest BCUT2D eigenvalue weighted by molar-refractivity contribution is 5.96. The quantitative estimate of drug-likeness (QED) is 0.862. The van der Waals surface area contributed by atoms with Gasteiger partial charge in [-0.25, -0.2) is 4.39 Å². The van der Waals surface area contributed by atoms with Gasteiger partial charge in [0.25, 0.3) is 5.91 Å². The maximum atomic E-state index is 12.9. The lowest BCUT2D eigenvalue weighted by Crippen LogP contribution is -2.36. The van der Waals surface area contributed by atoms with E-state index in [2.05, 4.69) is 0 Å². The van der Waals surface area contributed by atoms with E-state index < -0.39 is 5.82 Å². The fourth-order valence-electron chi connectivity index (χ4n) is 1.77. The van der Waals surface area contributed by atoms with Gasteiger partial charge < -0.3 is 14.7 Å². The van der Waals surface area contributed by atoms with E-state index in [9.17, 15) is 14.3 Å². The Balaban J connectivity index is 2.90. The zero-order valence-corrected chi connectivity index (χ0v) is 11.5. The Labute approximate surface area is 112 Å². The number of carbonyl (C=O) groups excluding carboxylic acids is 1. The molecule has 0 aliphatic rings. The van der Waals surface area contributed by atoms with Gasteiger partial charge in [-0.15, -0.1) is 0 Å². The molecule has 5 heteroatoms. The maximum Gasteiger partial charge on any atom is 0.257 e. The number of phenolic OH excluding ortho intramolecular Hbond substituents is 1. The summed E-state index contributed by atoms with van der Waals surface area (Å²) in [6.07, 6.45) is 0. The number of benzene rings is 1. The average Bonchev–Trinajstić information content (AvgIpc) is 2.33. The first-order valence-corrected chi connectivity index (χ1v) is 6.22. The van der Waals surface area contributed by atoms with Crippen molar-refractivity contribution < 1.29 is 19.0 Å². The van der Waals surface area contributed by atoms with Gasteiger partial charge in [0.05, 0.1) is 12.2 Å². The van der Waals surface area contributed by atoms with E-state index in [0.29, 0.717) is 25.6 Å². The van der Waals surface area contributed by atoms with Crippen molar-refractivity contribution in [3.8, 4) is 5.75 Å². The van der Waals surface area contributed by atoms with Crippen molar-refractivity contribution >= 4 is 5.91 Å². The first-order chi connectivity index (χ1) is 8.95. The Morgan fingerprint density at radius 3 is 2.68 bits per heavy atom. The maximum absolute atomic E-state index is 12.9. The van der Waals surface area contributed by atoms with Crippen molar-refractivity contribution in [2.75, 3.05) is 26.8 Å². The zero-order valence-electron chi connectivity index (χ0n) is 11.5. The first kappa shape index (κ1) is 15.4. The number of phenols is 1. The van der Waals surface area contributed by atoms with Gasteiger partial charge in [-0.1, -0.05) is 13.8 Å². The highest BCUT2D eigenvalue weighted by Gasteiger charge is 2.19. The number of hydrogen-bond acceptors (Lipinski definition) is 3. The smallest absolute Gasteiger partial charge is 0.257 e. The second-order valence-electron chi connectivity index (χ2n) is 4.80. The number of ether oxygens (including phenoxy) is 1. The van der Waals surface area contributed by atoms with Gasteiger partial charge in [0.15, 0.2) is 0 Å². The summed E-state index contributed by atoms with van der Waals surface area (Å²) in [5.41, 5.74) is 0.109. The standard InChI is InChI=1S/C14H20FNO3/c1-10(2)9-16(6-7-19-3)14(18)12-5-4-11(15)8-13(12)17/h4-5,8,10,17H,6-7,9H2,1-3H3. The molecule has 0 saturated heterocycles. The molecular formula is C14H20FNO3. The van der Waals surface area contributed by atoms with Crippen molar-refractivity contribution in [1.82, 2.24) is 4.90 Å². The second-order valence-corrected chi connectivity index (χ2v) is 4.80. The molecule has 0 unspecified atom stereocenters. The molecule has 0 aliphatic carbocycles. The molecule has 19 heavy (non-hydrogen) atoms. The van der Waals surface area contributed by atoms with Crippen LogP contribution in [0.5, 0.6) is 5.75 Å². The van der Waals surface area contributed by atoms with Crippen LogP contribution in [0.4, 0.5) is 4.39 Å². The minimum absolute atomic E-state index is 0.109. The number of rotatable bonds is 6. The third-order valence-corrected chi connectivity index (χ3v) is 2.63. The number of carbonyl (C=O) groups is 1. The Kier molecular flexibility index (Phi) is 5.76. The molecule has 1 rings (SSSR count). The molecule has 0 heterocycles. The fraction of sp³-hybridized carbons (Fsp3) is 0.500. The van der Waals surface area contributed by atoms with Crippen LogP contribution in [0, 0.1) is 11.7 Å². The van der Waals surface area contributed by atoms with Crippen LogP contribution in [-0.4, -0.2) is 42.7 Å². The number of methoxy groups -OCH3 is 1. The topological polar surface area (TPSA) is 49.8 Å². The van der Waals surface area contributed by atoms with Crippen molar-refractivity contribution in [3.05, 3.63) is 29.6 Å². The molecule has 0 bridgehead atoms. The van der Waals surface area contributed by atoms with Crippen LogP contribution < -0.4 is 0 Å². The third kappa shape index (κ3) is 4.52. The van der Waals surface area contributed by atoms with Gasteiger partial charge >= 0.3 is 0 Å². The van der Waals surface area contributed by atoms with Crippen molar-refractivity contribution in [3.63, 3.8) is 0 Å². The van der Waals surface area contributed by atoms with E-state index in [4.69, 9.17) is 4.74 Å². The van der Waals surface area contributed by atoms with Crippen molar-refractivity contribution in [2.24, 2.45) is 5.92 Å². The van der Waals surface area contributed by atoms with E-state index in [-0.39, 0.29) is 17.2 Å². The lowest BCUT2D eigenvalue weighted by Gasteiger charge is -2.24. The SMILES string of the molecule is COCCN(CC(C)C)C(=O)c1ccc(F)cc1O. The summed E-state index contributed by atoms with van der Waals surface area (Å²) in [5, 5.41) is 9.65. The van der Waals surface area contributed by atoms with Gasteiger partial charge in [0.1, 0.15) is 11.6 Å². The van der Waals surface area contributed by atoms with Gasteiger partial charge in [-0.2, -0.15) is 0 Å². The van der Waals surface area contributed by atoms with Gasteiger partial charge in [-0.05, 0) is 18.1 Å². The molecule has 1 amide bonds. The normalized spacial score (nSPS) is 10.8. The molecule has 1 aromatic rings. The summed E-state index contributed by atoms with van der Waals surface area (Å²) in [5.74, 6) is -0.927. The molecule has 0 atom stereocenters. The Morgan fingerprint density at radius 1 is 1.47 bits per heavy atom. The monoisotopic (exact) mass is 269 g/mol. The highest BCUT2D eigenvalue weighted by atomic mass is 19.1. The second kappa shape index (κ2) is 7.09. The van der Waals surface area contributed by atoms with Crippen LogP contribution >= 0.6 is 0 Å². The van der Waals surface area contributed by atoms with Crippen LogP contribution in [0.2, 0.25) is 0 Å². The predicted molar refractivity (Wildman–Crippen MR) is 70.7 cm³/mol. The van der Waals surface area contributed by atoms with E-state index in [1.807, 2.05) is 13.8 Å². The molecule has 0 aliphatic heterocycles. The molecule has 1 aromatic carbocycles. The molecular weight excluding hydrogens is 249 g/mol. The van der Waals surface area contributed by atoms with Crippen molar-refractivity contribution in [2.45, 2.75) is 13.8 Å². The summed E-state index contributed by atoms with van der Waals surface area (Å²) >= 11 is 0. The summed E-state index contributed by atoms with van der Waals surface area (Å²) in [7, 11) is 1.56. The highest BCUT2D eigenvalue weighted by Crippen LogP contribution is 2.20. The Hall–Kier alpha value is -1.62. The molecule has 0 radical (unpaired) electrons. The molecule has 4 nitrogen and oxygen atoms in total. The third-order valence-electron chi connectivity index (χ3n) is 2.63. The summed E-state index contributed by atoms with van der Waals surface area (Å²) in [6, 6.07) is 3.40. The van der Waals surface area contributed by atoms with Gasteiger partial charge in [0, 0.05) is 26.3 Å². The summed E-state index contributed by atoms with van der Waals surface area (Å²) in [6.45, 7) is 5.40. The lowest BCUT2D eigenvalue weighted by atomic mass is 10.1. The molecule has 0 spiro atoms. The summed E-state index contributed by atoms with van der Waals surface area (Å²) in [4.78, 5) is 13.9. The van der Waals surface area contributed by atoms with Gasteiger partial charge in [0.2, 0.25) is 0 Å². The number of amides is 1. The molecule has 0 aromatic heterocycles. The fourth-order valence-corrected chi connectivity index (χ4v) is 1.77. The number of aromatic hydroxyl groups is 1. The largest absolute Gasteiger partial charge is 0.507 e. The molecule has 106 valence electrons. The van der Waals surface area contributed by atoms with Crippen LogP contribution in [0.25, 0.3) is 0 Å². The summed E-state index contributed by atoms with van der Waals surface area (Å²) < 4.78 is 17.9. The van der Waals surface area contributed by atoms with E-state index in [0.717, 1.165) is 12.1 Å². The minimum atomic E-state index is -0.568. The lowest BCUT2D eigenvalue weighted by molar-refractivity contribution is 0.0669. The van der Waals surface area contributed by atoms with Crippen LogP contribution in [0.1, 0.15) is 24.2 Å². The first-order valence-electron chi connectivity index (χ1n) is 6.22. The van der Waals surface area contributed by atoms with E-state index in [1.54, 1.807) is 12.0 Å². The van der Waals surface area contributed by atoms with Crippen LogP contribution in [-0.2, 0) is 4.74 Å². The Bertz CT molecular complexity index is 435. The van der Waals surface area contributed by atoms with Crippen LogP contribution in [0.15, 0.2) is 18.2 Å². The van der Waals surface area contributed by atoms with Gasteiger partial charge in [-0.3, -0.25) is 4.79 Å². The number of halogens is 1. The zero-order chi connectivity index (χ0) is 14.4. The van der Waals surface area contributed by atoms with Crippen LogP contribution in [0.3, 0.4) is 0 Å². The predicted octanol–water partition coefficient (Wildman–Crippen LogP) is 2.28. The molecule has 1 N–H and O–H groups in total. The van der Waals surface area contributed by atoms with E-state index in [1.165, 1.54) is 6.07 Å². The Morgan fingerprint density at radius 2 is 2.16 bits per heavy atom. The number of hydrogen-bond donors (Lipinski definition) is 1. The average molecular weight is 269 g/mol. The molecule has 0 saturated carbocycles.